The zero-order valence-electron chi connectivity index (χ0n) is 50.1. The molecule has 11 aromatic rings. The van der Waals surface area contributed by atoms with Crippen LogP contribution in [0.4, 0.5) is 35.9 Å². The van der Waals surface area contributed by atoms with Gasteiger partial charge in [0.2, 0.25) is 0 Å². The van der Waals surface area contributed by atoms with E-state index in [1.165, 1.54) is 5.56 Å². The Morgan fingerprint density at radius 2 is 1.08 bits per heavy atom. The van der Waals surface area contributed by atoms with Crippen LogP contribution in [0.5, 0.6) is 11.5 Å². The predicted octanol–water partition coefficient (Wildman–Crippen LogP) is 21.3. The summed E-state index contributed by atoms with van der Waals surface area (Å²) in [4.78, 5) is 9.28. The standard InChI is InChI=1S/C75H69F3N4O/c1-46(2)58-23-15-16-24-59(58)50-35-55(43-57(36-50)83-56-29-30-61-60-25-17-18-26-66(60)82(69(61)44-56)70-40-51(31-32-79-70)73(3,4)5)80-45-81(68-28-20-19-27-67(68)80)72-62(49-33-52(74(6,7)8)39-53(34-49)75(9,10)11)37-48(47-21-13-12-14-22-47)38-63(72)71-64(77)41-54(76)42-65(71)78/h12-44,46H,45H2,1-11H3/i46D. The van der Waals surface area contributed by atoms with Gasteiger partial charge in [-0.3, -0.25) is 4.57 Å². The Morgan fingerprint density at radius 1 is 0.482 bits per heavy atom. The predicted molar refractivity (Wildman–Crippen MR) is 339 cm³/mol. The number of halogens is 3. The lowest BCUT2D eigenvalue weighted by Gasteiger charge is -2.30. The Labute approximate surface area is 487 Å². The summed E-state index contributed by atoms with van der Waals surface area (Å²) in [7, 11) is 0. The molecular formula is C75H69F3N4O. The second-order valence-electron chi connectivity index (χ2n) is 25.4. The summed E-state index contributed by atoms with van der Waals surface area (Å²) in [5, 5.41) is 2.16. The number of para-hydroxylation sites is 3. The lowest BCUT2D eigenvalue weighted by molar-refractivity contribution is 0.483. The monoisotopic (exact) mass is 1100 g/mol. The fourth-order valence-corrected chi connectivity index (χ4v) is 11.7. The van der Waals surface area contributed by atoms with Gasteiger partial charge in [-0.2, -0.15) is 0 Å². The Balaban J connectivity index is 1.08. The minimum Gasteiger partial charge on any atom is -0.457 e. The molecule has 0 radical (unpaired) electrons. The largest absolute Gasteiger partial charge is 0.457 e. The van der Waals surface area contributed by atoms with Crippen LogP contribution in [0.25, 0.3) is 72.1 Å². The Kier molecular flexibility index (Phi) is 13.4. The quantitative estimate of drug-likeness (QED) is 0.137. The van der Waals surface area contributed by atoms with Gasteiger partial charge in [0, 0.05) is 59.4 Å². The number of aromatic nitrogens is 2. The molecule has 1 aliphatic rings. The van der Waals surface area contributed by atoms with Gasteiger partial charge in [-0.15, -0.1) is 0 Å². The van der Waals surface area contributed by atoms with Crippen molar-refractivity contribution in [2.45, 2.75) is 98.3 Å². The molecule has 5 nitrogen and oxygen atoms in total. The van der Waals surface area contributed by atoms with E-state index in [0.29, 0.717) is 17.2 Å². The van der Waals surface area contributed by atoms with Crippen molar-refractivity contribution < 1.29 is 19.3 Å². The number of fused-ring (bicyclic) bond motifs is 4. The normalized spacial score (nSPS) is 13.3. The lowest BCUT2D eigenvalue weighted by atomic mass is 9.78. The van der Waals surface area contributed by atoms with E-state index in [-0.39, 0.29) is 34.0 Å². The smallest absolute Gasteiger partial charge is 0.137 e. The zero-order chi connectivity index (χ0) is 59.2. The van der Waals surface area contributed by atoms with Crippen molar-refractivity contribution in [2.75, 3.05) is 16.5 Å². The van der Waals surface area contributed by atoms with Crippen LogP contribution in [0, 0.1) is 17.5 Å². The van der Waals surface area contributed by atoms with Gasteiger partial charge in [0.15, 0.2) is 0 Å². The number of hydrogen-bond donors (Lipinski definition) is 0. The maximum atomic E-state index is 16.9. The topological polar surface area (TPSA) is 33.5 Å². The third-order valence-corrected chi connectivity index (χ3v) is 16.2. The maximum absolute atomic E-state index is 16.9. The van der Waals surface area contributed by atoms with Crippen LogP contribution >= 0.6 is 0 Å². The molecule has 0 saturated carbocycles. The summed E-state index contributed by atoms with van der Waals surface area (Å²) in [5.41, 5.74) is 13.4. The van der Waals surface area contributed by atoms with Crippen LogP contribution in [-0.4, -0.2) is 16.2 Å². The molecule has 0 spiro atoms. The van der Waals surface area contributed by atoms with E-state index in [1.807, 2.05) is 111 Å². The number of hydrogen-bond acceptors (Lipinski definition) is 4. The minimum absolute atomic E-state index is 0.0989. The van der Waals surface area contributed by atoms with E-state index in [4.69, 9.17) is 9.72 Å². The van der Waals surface area contributed by atoms with Gasteiger partial charge >= 0.3 is 0 Å². The van der Waals surface area contributed by atoms with Crippen LogP contribution in [0.15, 0.2) is 200 Å². The second kappa shape index (κ2) is 20.8. The van der Waals surface area contributed by atoms with Gasteiger partial charge in [-0.1, -0.05) is 179 Å². The van der Waals surface area contributed by atoms with Gasteiger partial charge in [0.1, 0.15) is 41.4 Å². The molecule has 0 bridgehead atoms. The maximum Gasteiger partial charge on any atom is 0.137 e. The first-order chi connectivity index (χ1) is 39.9. The van der Waals surface area contributed by atoms with Gasteiger partial charge in [-0.25, -0.2) is 18.2 Å². The van der Waals surface area contributed by atoms with E-state index in [0.717, 1.165) is 107 Å². The zero-order valence-corrected chi connectivity index (χ0v) is 49.1. The van der Waals surface area contributed by atoms with Crippen LogP contribution in [0.1, 0.15) is 106 Å². The van der Waals surface area contributed by atoms with Crippen molar-refractivity contribution in [3.05, 3.63) is 240 Å². The molecule has 0 fully saturated rings. The minimum atomic E-state index is -1.01. The molecule has 0 atom stereocenters. The van der Waals surface area contributed by atoms with E-state index in [9.17, 15) is 1.37 Å². The van der Waals surface area contributed by atoms with Gasteiger partial charge < -0.3 is 14.5 Å². The number of anilines is 4. The van der Waals surface area contributed by atoms with E-state index in [1.54, 1.807) is 0 Å². The number of ether oxygens (including phenoxy) is 1. The number of rotatable bonds is 10. The van der Waals surface area contributed by atoms with Crippen molar-refractivity contribution in [1.82, 2.24) is 9.55 Å². The first-order valence-electron chi connectivity index (χ1n) is 29.0. The van der Waals surface area contributed by atoms with Crippen LogP contribution in [0.2, 0.25) is 0 Å². The molecule has 0 aliphatic carbocycles. The summed E-state index contributed by atoms with van der Waals surface area (Å²) in [6, 6.07) is 63.2. The molecule has 0 N–H and O–H groups in total. The molecule has 9 aromatic carbocycles. The number of pyridine rings is 1. The second-order valence-corrected chi connectivity index (χ2v) is 25.4. The fourth-order valence-electron chi connectivity index (χ4n) is 11.7. The summed E-state index contributed by atoms with van der Waals surface area (Å²) in [6.07, 6.45) is 1.88. The Bertz CT molecular complexity index is 4310. The highest BCUT2D eigenvalue weighted by molar-refractivity contribution is 6.09. The molecule has 8 heteroatoms. The van der Waals surface area contributed by atoms with Crippen molar-refractivity contribution in [1.29, 1.82) is 0 Å². The van der Waals surface area contributed by atoms with Crippen LogP contribution in [0.3, 0.4) is 0 Å². The van der Waals surface area contributed by atoms with Crippen LogP contribution < -0.4 is 14.5 Å². The third kappa shape index (κ3) is 10.3. The summed E-state index contributed by atoms with van der Waals surface area (Å²) < 4.78 is 67.6. The molecule has 0 saturated heterocycles. The molecular weight excluding hydrogens is 1030 g/mol. The molecule has 3 heterocycles. The summed E-state index contributed by atoms with van der Waals surface area (Å²) in [5.74, 6) is -1.99. The highest BCUT2D eigenvalue weighted by Crippen LogP contribution is 2.54. The van der Waals surface area contributed by atoms with E-state index in [2.05, 4.69) is 168 Å². The van der Waals surface area contributed by atoms with Gasteiger partial charge in [-0.05, 0) is 139 Å². The fraction of sp³-hybridized carbons (Fsp3) is 0.213. The molecule has 0 amide bonds. The Morgan fingerprint density at radius 3 is 1.77 bits per heavy atom. The molecule has 83 heavy (non-hydrogen) atoms. The highest BCUT2D eigenvalue weighted by Gasteiger charge is 2.35. The molecule has 1 aliphatic heterocycles. The average Bonchev–Trinajstić information content (AvgIpc) is 1.94. The van der Waals surface area contributed by atoms with Crippen molar-refractivity contribution in [2.24, 2.45) is 0 Å². The molecule has 0 unspecified atom stereocenters. The number of benzene rings is 9. The van der Waals surface area contributed by atoms with E-state index >= 15 is 13.2 Å². The Hall–Kier alpha value is -8.88. The first kappa shape index (κ1) is 53.4. The molecule has 416 valence electrons. The molecule has 2 aromatic heterocycles. The van der Waals surface area contributed by atoms with E-state index < -0.39 is 23.3 Å². The highest BCUT2D eigenvalue weighted by atomic mass is 19.1. The first-order valence-corrected chi connectivity index (χ1v) is 28.5. The van der Waals surface area contributed by atoms with Crippen molar-refractivity contribution in [3.63, 3.8) is 0 Å². The van der Waals surface area contributed by atoms with Gasteiger partial charge in [0.05, 0.1) is 33.7 Å². The number of nitrogens with zero attached hydrogens (tertiary/aromatic N) is 4. The average molecular weight is 1100 g/mol. The summed E-state index contributed by atoms with van der Waals surface area (Å²) >= 11 is 0. The van der Waals surface area contributed by atoms with Crippen LogP contribution in [-0.2, 0) is 16.2 Å². The van der Waals surface area contributed by atoms with Crippen molar-refractivity contribution in [3.8, 4) is 61.8 Å². The summed E-state index contributed by atoms with van der Waals surface area (Å²) in [6.45, 7) is 23.8. The molecule has 12 rings (SSSR count). The third-order valence-electron chi connectivity index (χ3n) is 16.2. The van der Waals surface area contributed by atoms with Gasteiger partial charge in [0.25, 0.3) is 0 Å². The van der Waals surface area contributed by atoms with Crippen molar-refractivity contribution >= 4 is 44.6 Å². The lowest BCUT2D eigenvalue weighted by Crippen LogP contribution is -2.25. The SMILES string of the molecule is [2H]C(C)(C)c1ccccc1-c1cc(Oc2ccc3c4ccccc4n(-c4cc(C(C)(C)C)ccn4)c3c2)cc(N2CN(c3c(-c4cc(C(C)(C)C)cc(C(C)(C)C)c4)cc(-c4ccccc4)cc3-c3c(F)cc(F)cc3F)c3ccccc32)c1.